The molecule has 0 unspecified atom stereocenters. The lowest BCUT2D eigenvalue weighted by Crippen LogP contribution is -1.93. The van der Waals surface area contributed by atoms with Crippen LogP contribution in [0.5, 0.6) is 11.5 Å². The van der Waals surface area contributed by atoms with E-state index in [4.69, 9.17) is 9.84 Å². The minimum absolute atomic E-state index is 0.0769. The van der Waals surface area contributed by atoms with Crippen molar-refractivity contribution < 1.29 is 19.2 Å². The van der Waals surface area contributed by atoms with Gasteiger partial charge in [0.2, 0.25) is 5.82 Å². The third-order valence-corrected chi connectivity index (χ3v) is 2.46. The number of hydrogen-bond acceptors (Lipinski definition) is 4. The Balaban J connectivity index is 2.18. The first-order chi connectivity index (χ1) is 9.10. The summed E-state index contributed by atoms with van der Waals surface area (Å²) in [4.78, 5) is 9.67. The first kappa shape index (κ1) is 13.0. The van der Waals surface area contributed by atoms with E-state index in [0.29, 0.717) is 5.75 Å². The molecule has 1 N–H and O–H groups in total. The minimum Gasteiger partial charge on any atom is -0.457 e. The van der Waals surface area contributed by atoms with Crippen LogP contribution in [0.4, 0.5) is 10.1 Å². The molecule has 98 valence electrons. The predicted molar refractivity (Wildman–Crippen MR) is 65.5 cm³/mol. The van der Waals surface area contributed by atoms with Crippen LogP contribution in [0, 0.1) is 15.9 Å². The average molecular weight is 263 g/mol. The van der Waals surface area contributed by atoms with Crippen LogP contribution in [0.15, 0.2) is 42.5 Å². The summed E-state index contributed by atoms with van der Waals surface area (Å²) < 4.78 is 18.7. The number of benzene rings is 2. The van der Waals surface area contributed by atoms with E-state index in [0.717, 1.165) is 17.7 Å². The zero-order chi connectivity index (χ0) is 13.8. The van der Waals surface area contributed by atoms with Gasteiger partial charge in [0, 0.05) is 12.1 Å². The van der Waals surface area contributed by atoms with Crippen LogP contribution in [0.2, 0.25) is 0 Å². The summed E-state index contributed by atoms with van der Waals surface area (Å²) >= 11 is 0. The number of nitrogens with zero attached hydrogens (tertiary/aromatic N) is 1. The Kier molecular flexibility index (Phi) is 3.72. The van der Waals surface area contributed by atoms with E-state index in [1.54, 1.807) is 24.3 Å². The van der Waals surface area contributed by atoms with Crippen molar-refractivity contribution in [1.82, 2.24) is 0 Å². The highest BCUT2D eigenvalue weighted by molar-refractivity contribution is 5.40. The molecule has 0 atom stereocenters. The Hall–Kier alpha value is -2.47. The van der Waals surface area contributed by atoms with Crippen molar-refractivity contribution in [2.75, 3.05) is 0 Å². The third kappa shape index (κ3) is 3.05. The Morgan fingerprint density at radius 2 is 1.79 bits per heavy atom. The predicted octanol–water partition coefficient (Wildman–Crippen LogP) is 3.02. The first-order valence-electron chi connectivity index (χ1n) is 5.42. The molecule has 2 aromatic rings. The van der Waals surface area contributed by atoms with Gasteiger partial charge in [-0.1, -0.05) is 12.1 Å². The molecule has 0 aliphatic carbocycles. The van der Waals surface area contributed by atoms with Crippen molar-refractivity contribution in [3.63, 3.8) is 0 Å². The lowest BCUT2D eigenvalue weighted by Gasteiger charge is -2.06. The molecular formula is C13H10FNO4. The molecule has 0 bridgehead atoms. The maximum Gasteiger partial charge on any atom is 0.305 e. The maximum absolute atomic E-state index is 13.4. The second-order valence-electron chi connectivity index (χ2n) is 3.77. The SMILES string of the molecule is O=[N+]([O-])c1ccc(Oc2ccc(CO)cc2)cc1F. The second kappa shape index (κ2) is 5.45. The third-order valence-electron chi connectivity index (χ3n) is 2.46. The van der Waals surface area contributed by atoms with Crippen LogP contribution in [-0.2, 0) is 6.61 Å². The van der Waals surface area contributed by atoms with Gasteiger partial charge in [-0.15, -0.1) is 0 Å². The lowest BCUT2D eigenvalue weighted by atomic mass is 10.2. The molecule has 0 fully saturated rings. The van der Waals surface area contributed by atoms with Crippen LogP contribution in [0.3, 0.4) is 0 Å². The van der Waals surface area contributed by atoms with E-state index in [1.165, 1.54) is 6.07 Å². The molecule has 0 spiro atoms. The summed E-state index contributed by atoms with van der Waals surface area (Å²) in [6.07, 6.45) is 0. The number of halogens is 1. The molecule has 19 heavy (non-hydrogen) atoms. The van der Waals surface area contributed by atoms with E-state index in [2.05, 4.69) is 0 Å². The molecule has 0 heterocycles. The molecule has 6 heteroatoms. The summed E-state index contributed by atoms with van der Waals surface area (Å²) in [5.74, 6) is -0.334. The van der Waals surface area contributed by atoms with E-state index < -0.39 is 16.4 Å². The number of ether oxygens (including phenoxy) is 1. The van der Waals surface area contributed by atoms with Crippen molar-refractivity contribution in [3.05, 3.63) is 64.0 Å². The van der Waals surface area contributed by atoms with Gasteiger partial charge in [-0.25, -0.2) is 0 Å². The van der Waals surface area contributed by atoms with Gasteiger partial charge >= 0.3 is 5.69 Å². The van der Waals surface area contributed by atoms with Gasteiger partial charge in [-0.3, -0.25) is 10.1 Å². The average Bonchev–Trinajstić information content (AvgIpc) is 2.39. The monoisotopic (exact) mass is 263 g/mol. The molecule has 0 saturated heterocycles. The number of hydrogen-bond donors (Lipinski definition) is 1. The molecule has 0 radical (unpaired) electrons. The molecule has 0 aliphatic rings. The number of nitro benzene ring substituents is 1. The zero-order valence-corrected chi connectivity index (χ0v) is 9.75. The molecule has 0 aliphatic heterocycles. The first-order valence-corrected chi connectivity index (χ1v) is 5.42. The van der Waals surface area contributed by atoms with Crippen molar-refractivity contribution in [3.8, 4) is 11.5 Å². The van der Waals surface area contributed by atoms with Crippen molar-refractivity contribution in [2.45, 2.75) is 6.61 Å². The molecular weight excluding hydrogens is 253 g/mol. The minimum atomic E-state index is -0.950. The number of aliphatic hydroxyl groups is 1. The van der Waals surface area contributed by atoms with Crippen LogP contribution in [0.1, 0.15) is 5.56 Å². The number of rotatable bonds is 4. The Bertz CT molecular complexity index is 598. The van der Waals surface area contributed by atoms with Gasteiger partial charge in [-0.2, -0.15) is 4.39 Å². The number of aliphatic hydroxyl groups excluding tert-OH is 1. The second-order valence-corrected chi connectivity index (χ2v) is 3.77. The molecule has 0 aromatic heterocycles. The fourth-order valence-corrected chi connectivity index (χ4v) is 1.50. The standard InChI is InChI=1S/C13H10FNO4/c14-12-7-11(5-6-13(12)15(17)18)19-10-3-1-9(8-16)2-4-10/h1-7,16H,8H2. The van der Waals surface area contributed by atoms with Crippen LogP contribution < -0.4 is 4.74 Å². The number of nitro groups is 1. The zero-order valence-electron chi connectivity index (χ0n) is 9.75. The summed E-state index contributed by atoms with van der Waals surface area (Å²) in [6.45, 7) is -0.0769. The topological polar surface area (TPSA) is 72.6 Å². The molecule has 0 amide bonds. The summed E-state index contributed by atoms with van der Waals surface area (Å²) in [6, 6.07) is 9.88. The lowest BCUT2D eigenvalue weighted by molar-refractivity contribution is -0.387. The highest BCUT2D eigenvalue weighted by atomic mass is 19.1. The van der Waals surface area contributed by atoms with Gasteiger partial charge in [0.15, 0.2) is 0 Å². The highest BCUT2D eigenvalue weighted by Gasteiger charge is 2.14. The summed E-state index contributed by atoms with van der Waals surface area (Å²) in [5, 5.41) is 19.3. The molecule has 2 rings (SSSR count). The van der Waals surface area contributed by atoms with Gasteiger partial charge in [0.1, 0.15) is 11.5 Å². The van der Waals surface area contributed by atoms with E-state index in [1.807, 2.05) is 0 Å². The fraction of sp³-hybridized carbons (Fsp3) is 0.0769. The van der Waals surface area contributed by atoms with Gasteiger partial charge in [0.05, 0.1) is 11.5 Å². The van der Waals surface area contributed by atoms with Gasteiger partial charge in [0.25, 0.3) is 0 Å². The van der Waals surface area contributed by atoms with Gasteiger partial charge < -0.3 is 9.84 Å². The Labute approximate surface area is 108 Å². The van der Waals surface area contributed by atoms with E-state index in [9.17, 15) is 14.5 Å². The van der Waals surface area contributed by atoms with E-state index in [-0.39, 0.29) is 12.4 Å². The fourth-order valence-electron chi connectivity index (χ4n) is 1.50. The Morgan fingerprint density at radius 1 is 1.16 bits per heavy atom. The summed E-state index contributed by atoms with van der Waals surface area (Å²) in [7, 11) is 0. The highest BCUT2D eigenvalue weighted by Crippen LogP contribution is 2.26. The smallest absolute Gasteiger partial charge is 0.305 e. The quantitative estimate of drug-likeness (QED) is 0.679. The van der Waals surface area contributed by atoms with Crippen LogP contribution >= 0.6 is 0 Å². The largest absolute Gasteiger partial charge is 0.457 e. The maximum atomic E-state index is 13.4. The van der Waals surface area contributed by atoms with Gasteiger partial charge in [-0.05, 0) is 23.8 Å². The van der Waals surface area contributed by atoms with Crippen molar-refractivity contribution >= 4 is 5.69 Å². The van der Waals surface area contributed by atoms with E-state index >= 15 is 0 Å². The van der Waals surface area contributed by atoms with Crippen LogP contribution in [0.25, 0.3) is 0 Å². The summed E-state index contributed by atoms with van der Waals surface area (Å²) in [5.41, 5.74) is 0.130. The van der Waals surface area contributed by atoms with Crippen molar-refractivity contribution in [2.24, 2.45) is 0 Å². The molecule has 2 aromatic carbocycles. The molecule has 0 saturated carbocycles. The van der Waals surface area contributed by atoms with Crippen molar-refractivity contribution in [1.29, 1.82) is 0 Å². The Morgan fingerprint density at radius 3 is 2.32 bits per heavy atom. The normalized spacial score (nSPS) is 10.2. The molecule has 5 nitrogen and oxygen atoms in total. The van der Waals surface area contributed by atoms with Crippen LogP contribution in [-0.4, -0.2) is 10.0 Å².